The Morgan fingerprint density at radius 1 is 0.941 bits per heavy atom. The minimum Gasteiger partial charge on any atom is -0.491 e. The van der Waals surface area contributed by atoms with Gasteiger partial charge in [-0.2, -0.15) is 4.39 Å². The summed E-state index contributed by atoms with van der Waals surface area (Å²) < 4.78 is 25.3. The molecule has 1 aliphatic carbocycles. The molecule has 0 amide bonds. The molecule has 4 heteroatoms. The van der Waals surface area contributed by atoms with Crippen molar-refractivity contribution in [2.45, 2.75) is 90.4 Å². The van der Waals surface area contributed by atoms with Gasteiger partial charge < -0.3 is 9.47 Å². The lowest BCUT2D eigenvalue weighted by Crippen LogP contribution is -2.26. The van der Waals surface area contributed by atoms with Crippen LogP contribution in [0.5, 0.6) is 11.5 Å². The number of fused-ring (bicyclic) bond motifs is 1. The Kier molecular flexibility index (Phi) is 8.64. The Morgan fingerprint density at radius 2 is 1.65 bits per heavy atom. The van der Waals surface area contributed by atoms with E-state index in [4.69, 9.17) is 9.47 Å². The van der Waals surface area contributed by atoms with Gasteiger partial charge in [-0.3, -0.25) is 4.79 Å². The number of rotatable bonds is 10. The Hall–Kier alpha value is -2.36. The third-order valence-corrected chi connectivity index (χ3v) is 7.76. The normalized spacial score (nSPS) is 22.2. The lowest BCUT2D eigenvalue weighted by molar-refractivity contribution is -0.137. The maximum absolute atomic E-state index is 14.6. The molecule has 0 spiro atoms. The molecule has 0 bridgehead atoms. The van der Waals surface area contributed by atoms with Gasteiger partial charge in [-0.15, -0.1) is 0 Å². The lowest BCUT2D eigenvalue weighted by Gasteiger charge is -2.28. The number of unbranched alkanes of at least 4 members (excludes halogenated alkanes) is 2. The van der Waals surface area contributed by atoms with Gasteiger partial charge in [0.25, 0.3) is 0 Å². The molecule has 1 aliphatic heterocycles. The van der Waals surface area contributed by atoms with E-state index in [1.165, 1.54) is 63.4 Å². The number of hydrogen-bond acceptors (Lipinski definition) is 3. The molecule has 0 saturated heterocycles. The standard InChI is InChI=1S/C30H39FO3/c1-3-5-6-7-21-8-10-22(11-9-21)12-13-23-14-16-24(17-15-23)26-20-25-18-19-27(33-4-2)28(31)29(25)34-30(26)32/h14-19,21-22,26H,3-13,20H2,1-2H3. The summed E-state index contributed by atoms with van der Waals surface area (Å²) in [6.07, 6.45) is 13.9. The molecule has 3 nitrogen and oxygen atoms in total. The fraction of sp³-hybridized carbons (Fsp3) is 0.567. The molecule has 2 aromatic rings. The van der Waals surface area contributed by atoms with Crippen LogP contribution in [-0.4, -0.2) is 12.6 Å². The highest BCUT2D eigenvalue weighted by molar-refractivity contribution is 5.83. The van der Waals surface area contributed by atoms with E-state index in [1.807, 2.05) is 12.1 Å². The third-order valence-electron chi connectivity index (χ3n) is 7.76. The summed E-state index contributed by atoms with van der Waals surface area (Å²) in [5, 5.41) is 0. The highest BCUT2D eigenvalue weighted by Crippen LogP contribution is 2.39. The molecule has 0 radical (unpaired) electrons. The molecule has 1 heterocycles. The Bertz CT molecular complexity index is 944. The minimum absolute atomic E-state index is 0.0175. The van der Waals surface area contributed by atoms with Crippen molar-refractivity contribution in [1.29, 1.82) is 0 Å². The quantitative estimate of drug-likeness (QED) is 0.204. The van der Waals surface area contributed by atoms with Crippen molar-refractivity contribution in [2.24, 2.45) is 11.8 Å². The van der Waals surface area contributed by atoms with Crippen LogP contribution < -0.4 is 9.47 Å². The van der Waals surface area contributed by atoms with Crippen LogP contribution in [0, 0.1) is 17.7 Å². The van der Waals surface area contributed by atoms with E-state index in [-0.39, 0.29) is 11.5 Å². The average molecular weight is 467 g/mol. The second kappa shape index (κ2) is 11.9. The molecule has 1 atom stereocenters. The van der Waals surface area contributed by atoms with Crippen LogP contribution in [0.3, 0.4) is 0 Å². The number of hydrogen-bond donors (Lipinski definition) is 0. The molecule has 4 rings (SSSR count). The van der Waals surface area contributed by atoms with Gasteiger partial charge in [0.1, 0.15) is 0 Å². The predicted molar refractivity (Wildman–Crippen MR) is 134 cm³/mol. The smallest absolute Gasteiger partial charge is 0.319 e. The van der Waals surface area contributed by atoms with Crippen molar-refractivity contribution in [3.63, 3.8) is 0 Å². The van der Waals surface area contributed by atoms with E-state index in [9.17, 15) is 9.18 Å². The van der Waals surface area contributed by atoms with Gasteiger partial charge in [0.2, 0.25) is 5.82 Å². The van der Waals surface area contributed by atoms with Crippen molar-refractivity contribution in [1.82, 2.24) is 0 Å². The van der Waals surface area contributed by atoms with E-state index >= 15 is 0 Å². The van der Waals surface area contributed by atoms with Crippen molar-refractivity contribution in [2.75, 3.05) is 6.61 Å². The first-order chi connectivity index (χ1) is 16.6. The third kappa shape index (κ3) is 6.00. The number of aryl methyl sites for hydroxylation is 1. The molecule has 0 N–H and O–H groups in total. The molecule has 0 aromatic heterocycles. The topological polar surface area (TPSA) is 35.5 Å². The zero-order chi connectivity index (χ0) is 23.9. The van der Waals surface area contributed by atoms with E-state index in [0.717, 1.165) is 23.8 Å². The first-order valence-corrected chi connectivity index (χ1v) is 13.3. The Balaban J connectivity index is 1.29. The van der Waals surface area contributed by atoms with Crippen molar-refractivity contribution >= 4 is 5.97 Å². The second-order valence-electron chi connectivity index (χ2n) is 10.1. The summed E-state index contributed by atoms with van der Waals surface area (Å²) in [5.41, 5.74) is 2.96. The molecule has 1 unspecified atom stereocenters. The van der Waals surface area contributed by atoms with E-state index < -0.39 is 17.7 Å². The van der Waals surface area contributed by atoms with Crippen LogP contribution in [-0.2, 0) is 17.6 Å². The van der Waals surface area contributed by atoms with Gasteiger partial charge in [-0.1, -0.05) is 88.6 Å². The largest absolute Gasteiger partial charge is 0.491 e. The highest BCUT2D eigenvalue weighted by Gasteiger charge is 2.32. The van der Waals surface area contributed by atoms with Gasteiger partial charge in [0.05, 0.1) is 12.5 Å². The van der Waals surface area contributed by atoms with Crippen LogP contribution in [0.2, 0.25) is 0 Å². The summed E-state index contributed by atoms with van der Waals surface area (Å²) in [6, 6.07) is 11.8. The second-order valence-corrected chi connectivity index (χ2v) is 10.1. The van der Waals surface area contributed by atoms with Crippen LogP contribution in [0.25, 0.3) is 0 Å². The van der Waals surface area contributed by atoms with Gasteiger partial charge in [-0.05, 0) is 60.8 Å². The average Bonchev–Trinajstić information content (AvgIpc) is 2.86. The van der Waals surface area contributed by atoms with Crippen LogP contribution in [0.15, 0.2) is 36.4 Å². The zero-order valence-electron chi connectivity index (χ0n) is 20.8. The number of halogens is 1. The molecule has 2 aliphatic rings. The van der Waals surface area contributed by atoms with Gasteiger partial charge in [0, 0.05) is 0 Å². The molecule has 184 valence electrons. The van der Waals surface area contributed by atoms with Crippen molar-refractivity contribution < 1.29 is 18.7 Å². The molecule has 34 heavy (non-hydrogen) atoms. The maximum atomic E-state index is 14.6. The molecule has 1 saturated carbocycles. The van der Waals surface area contributed by atoms with E-state index in [0.29, 0.717) is 18.6 Å². The number of ether oxygens (including phenoxy) is 2. The predicted octanol–water partition coefficient (Wildman–Crippen LogP) is 7.79. The van der Waals surface area contributed by atoms with Gasteiger partial charge in [-0.25, -0.2) is 0 Å². The summed E-state index contributed by atoms with van der Waals surface area (Å²) in [5.74, 6) is 0.567. The Morgan fingerprint density at radius 3 is 2.32 bits per heavy atom. The Labute approximate surface area is 204 Å². The number of benzene rings is 2. The van der Waals surface area contributed by atoms with Crippen LogP contribution in [0.4, 0.5) is 4.39 Å². The van der Waals surface area contributed by atoms with Crippen molar-refractivity contribution in [3.05, 3.63) is 58.9 Å². The zero-order valence-corrected chi connectivity index (χ0v) is 20.8. The molecule has 1 fully saturated rings. The number of esters is 1. The van der Waals surface area contributed by atoms with Crippen molar-refractivity contribution in [3.8, 4) is 11.5 Å². The summed E-state index contributed by atoms with van der Waals surface area (Å²) >= 11 is 0. The number of carbonyl (C=O) groups is 1. The fourth-order valence-electron chi connectivity index (χ4n) is 5.62. The highest BCUT2D eigenvalue weighted by atomic mass is 19.1. The van der Waals surface area contributed by atoms with Crippen LogP contribution in [0.1, 0.15) is 94.2 Å². The minimum atomic E-state index is -0.587. The number of carbonyl (C=O) groups excluding carboxylic acids is 1. The molecular formula is C30H39FO3. The first kappa shape index (κ1) is 24.8. The fourth-order valence-corrected chi connectivity index (χ4v) is 5.62. The molecule has 2 aromatic carbocycles. The summed E-state index contributed by atoms with van der Waals surface area (Å²) in [6.45, 7) is 4.44. The monoisotopic (exact) mass is 466 g/mol. The van der Waals surface area contributed by atoms with Crippen LogP contribution >= 0.6 is 0 Å². The van der Waals surface area contributed by atoms with Gasteiger partial charge in [0.15, 0.2) is 11.5 Å². The molecular weight excluding hydrogens is 427 g/mol. The van der Waals surface area contributed by atoms with E-state index in [2.05, 4.69) is 19.1 Å². The SMILES string of the molecule is CCCCCC1CCC(CCc2ccc(C3Cc4ccc(OCC)c(F)c4OC3=O)cc2)CC1. The van der Waals surface area contributed by atoms with Gasteiger partial charge >= 0.3 is 5.97 Å². The maximum Gasteiger partial charge on any atom is 0.319 e. The summed E-state index contributed by atoms with van der Waals surface area (Å²) in [4.78, 5) is 12.7. The van der Waals surface area contributed by atoms with E-state index in [1.54, 1.807) is 19.1 Å². The first-order valence-electron chi connectivity index (χ1n) is 13.3. The lowest BCUT2D eigenvalue weighted by atomic mass is 9.77. The summed E-state index contributed by atoms with van der Waals surface area (Å²) in [7, 11) is 0.